The predicted octanol–water partition coefficient (Wildman–Crippen LogP) is 4.16. The van der Waals surface area contributed by atoms with E-state index in [1.807, 2.05) is 30.4 Å². The van der Waals surface area contributed by atoms with Gasteiger partial charge in [0.2, 0.25) is 0 Å². The van der Waals surface area contributed by atoms with Crippen molar-refractivity contribution < 1.29 is 4.79 Å². The molecule has 0 fully saturated rings. The van der Waals surface area contributed by atoms with E-state index in [1.54, 1.807) is 0 Å². The van der Waals surface area contributed by atoms with Crippen molar-refractivity contribution in [3.63, 3.8) is 0 Å². The number of carbonyl (C=O) groups is 1. The van der Waals surface area contributed by atoms with Crippen molar-refractivity contribution >= 4 is 17.3 Å². The zero-order valence-corrected chi connectivity index (χ0v) is 18.4. The molecular weight excluding hydrogens is 372 g/mol. The molecular formula is C25H36N4O. The van der Waals surface area contributed by atoms with E-state index >= 15 is 0 Å². The third-order valence-corrected chi connectivity index (χ3v) is 6.71. The molecule has 1 aliphatic carbocycles. The number of fused-ring (bicyclic) bond motifs is 1. The monoisotopic (exact) mass is 408 g/mol. The summed E-state index contributed by atoms with van der Waals surface area (Å²) in [7, 11) is 0. The molecule has 3 rings (SSSR count). The summed E-state index contributed by atoms with van der Waals surface area (Å²) < 4.78 is 0. The Labute approximate surface area is 180 Å². The molecule has 162 valence electrons. The number of nitrogens with two attached hydrogens (primary N) is 1. The van der Waals surface area contributed by atoms with Gasteiger partial charge in [0.25, 0.3) is 0 Å². The van der Waals surface area contributed by atoms with Crippen LogP contribution in [0.1, 0.15) is 45.1 Å². The van der Waals surface area contributed by atoms with E-state index in [9.17, 15) is 4.79 Å². The molecule has 0 amide bonds. The van der Waals surface area contributed by atoms with E-state index in [2.05, 4.69) is 36.2 Å². The number of para-hydroxylation sites is 1. The van der Waals surface area contributed by atoms with Gasteiger partial charge in [-0.05, 0) is 50.5 Å². The van der Waals surface area contributed by atoms with E-state index in [0.29, 0.717) is 6.42 Å². The Balaban J connectivity index is 1.65. The number of hydrogen-bond donors (Lipinski definition) is 3. The number of ketones is 1. The van der Waals surface area contributed by atoms with Crippen LogP contribution in [-0.2, 0) is 11.2 Å². The van der Waals surface area contributed by atoms with Crippen molar-refractivity contribution in [2.75, 3.05) is 31.5 Å². The van der Waals surface area contributed by atoms with Crippen molar-refractivity contribution in [2.45, 2.75) is 46.0 Å². The third kappa shape index (κ3) is 4.67. The lowest BCUT2D eigenvalue weighted by Gasteiger charge is -2.35. The van der Waals surface area contributed by atoms with Crippen molar-refractivity contribution in [3.8, 4) is 0 Å². The minimum atomic E-state index is -0.976. The number of Topliss-reactive ketones (excluding diaryl/α,β-unsaturated/α-hetero) is 1. The summed E-state index contributed by atoms with van der Waals surface area (Å²) in [4.78, 5) is 16.0. The quantitative estimate of drug-likeness (QED) is 0.308. The number of nitrogens with one attached hydrogen (secondary N) is 2. The van der Waals surface area contributed by atoms with Gasteiger partial charge >= 0.3 is 0 Å². The first-order valence-electron chi connectivity index (χ1n) is 11.3. The van der Waals surface area contributed by atoms with Gasteiger partial charge in [-0.3, -0.25) is 10.2 Å². The molecule has 2 atom stereocenters. The smallest absolute Gasteiger partial charge is 0.176 e. The van der Waals surface area contributed by atoms with Gasteiger partial charge in [-0.1, -0.05) is 63.1 Å². The maximum absolute atomic E-state index is 13.6. The van der Waals surface area contributed by atoms with Crippen LogP contribution in [0.4, 0.5) is 5.69 Å². The van der Waals surface area contributed by atoms with Gasteiger partial charge in [-0.2, -0.15) is 0 Å². The fourth-order valence-electron chi connectivity index (χ4n) is 4.71. The molecule has 5 nitrogen and oxygen atoms in total. The summed E-state index contributed by atoms with van der Waals surface area (Å²) in [6, 6.07) is 8.27. The molecule has 1 aromatic carbocycles. The normalized spacial score (nSPS) is 23.1. The number of benzene rings is 1. The van der Waals surface area contributed by atoms with Crippen LogP contribution < -0.4 is 11.1 Å². The number of rotatable bonds is 10. The fraction of sp³-hybridized carbons (Fsp3) is 0.520. The Morgan fingerprint density at radius 3 is 2.73 bits per heavy atom. The molecule has 5 heteroatoms. The molecule has 0 spiro atoms. The summed E-state index contributed by atoms with van der Waals surface area (Å²) in [5.41, 5.74) is 8.24. The van der Waals surface area contributed by atoms with Crippen LogP contribution in [0.25, 0.3) is 0 Å². The van der Waals surface area contributed by atoms with E-state index in [4.69, 9.17) is 11.1 Å². The van der Waals surface area contributed by atoms with Gasteiger partial charge in [0, 0.05) is 23.7 Å². The molecule has 4 N–H and O–H groups in total. The molecule has 2 aliphatic rings. The topological polar surface area (TPSA) is 82.2 Å². The first-order valence-corrected chi connectivity index (χ1v) is 11.3. The minimum absolute atomic E-state index is 0.0208. The zero-order valence-electron chi connectivity index (χ0n) is 18.4. The van der Waals surface area contributed by atoms with Crippen LogP contribution in [0.5, 0.6) is 0 Å². The standard InChI is InChI=1S/C25H36N4O/c1-3-29(4-2)16-9-5-8-14-25(24(26)27)15-10-12-21(23(25)30)20-17-19-11-6-7-13-22(19)28-18-20/h6-7,10-13,15,20,28H,3-5,8-9,14,16-18H2,1-2H3,(H3,26,27)/t20-,25-/m1/s1. The third-order valence-electron chi connectivity index (χ3n) is 6.71. The second-order valence-electron chi connectivity index (χ2n) is 8.47. The van der Waals surface area contributed by atoms with Crippen LogP contribution in [0.3, 0.4) is 0 Å². The van der Waals surface area contributed by atoms with Crippen LogP contribution in [-0.4, -0.2) is 42.7 Å². The van der Waals surface area contributed by atoms with Crippen molar-refractivity contribution in [1.82, 2.24) is 4.90 Å². The highest BCUT2D eigenvalue weighted by Crippen LogP contribution is 2.38. The van der Waals surface area contributed by atoms with Gasteiger partial charge in [0.05, 0.1) is 0 Å². The largest absolute Gasteiger partial charge is 0.387 e. The Morgan fingerprint density at radius 1 is 1.23 bits per heavy atom. The molecule has 0 unspecified atom stereocenters. The Morgan fingerprint density at radius 2 is 2.00 bits per heavy atom. The molecule has 0 radical (unpaired) electrons. The summed E-state index contributed by atoms with van der Waals surface area (Å²) in [6.07, 6.45) is 10.2. The van der Waals surface area contributed by atoms with E-state index < -0.39 is 5.41 Å². The lowest BCUT2D eigenvalue weighted by Crippen LogP contribution is -2.46. The number of hydrogen-bond acceptors (Lipinski definition) is 4. The molecule has 0 saturated carbocycles. The average Bonchev–Trinajstić information content (AvgIpc) is 2.77. The van der Waals surface area contributed by atoms with Gasteiger partial charge in [-0.25, -0.2) is 0 Å². The second-order valence-corrected chi connectivity index (χ2v) is 8.47. The lowest BCUT2D eigenvalue weighted by atomic mass is 9.69. The van der Waals surface area contributed by atoms with Gasteiger partial charge < -0.3 is 16.0 Å². The number of nitrogens with zero attached hydrogens (tertiary/aromatic N) is 1. The second kappa shape index (κ2) is 10.1. The zero-order chi connectivity index (χ0) is 21.6. The van der Waals surface area contributed by atoms with E-state index in [0.717, 1.165) is 63.1 Å². The molecule has 0 aromatic heterocycles. The molecule has 30 heavy (non-hydrogen) atoms. The highest BCUT2D eigenvalue weighted by atomic mass is 16.1. The first kappa shape index (κ1) is 22.3. The number of amidine groups is 1. The highest BCUT2D eigenvalue weighted by Gasteiger charge is 2.43. The molecule has 1 aliphatic heterocycles. The number of allylic oxidation sites excluding steroid dienone is 2. The molecule has 1 heterocycles. The number of carbonyl (C=O) groups excluding carboxylic acids is 1. The Kier molecular flexibility index (Phi) is 7.48. The molecule has 0 bridgehead atoms. The maximum Gasteiger partial charge on any atom is 0.176 e. The van der Waals surface area contributed by atoms with Crippen LogP contribution in [0, 0.1) is 16.7 Å². The van der Waals surface area contributed by atoms with E-state index in [-0.39, 0.29) is 17.5 Å². The molecule has 0 saturated heterocycles. The Hall–Kier alpha value is -2.40. The lowest BCUT2D eigenvalue weighted by molar-refractivity contribution is -0.120. The number of anilines is 1. The van der Waals surface area contributed by atoms with Crippen LogP contribution in [0.15, 0.2) is 48.1 Å². The highest BCUT2D eigenvalue weighted by molar-refractivity contribution is 6.17. The summed E-state index contributed by atoms with van der Waals surface area (Å²) in [5.74, 6) is 0.105. The van der Waals surface area contributed by atoms with Crippen LogP contribution in [0.2, 0.25) is 0 Å². The maximum atomic E-state index is 13.6. The summed E-state index contributed by atoms with van der Waals surface area (Å²) >= 11 is 0. The SMILES string of the molecule is CCN(CC)CCCCC[C@@]1(C(=N)N)C=CC=C([C@H]2CNc3ccccc3C2)C1=O. The van der Waals surface area contributed by atoms with E-state index in [1.165, 1.54) is 5.56 Å². The predicted molar refractivity (Wildman–Crippen MR) is 125 cm³/mol. The fourth-order valence-corrected chi connectivity index (χ4v) is 4.71. The van der Waals surface area contributed by atoms with Crippen LogP contribution >= 0.6 is 0 Å². The van der Waals surface area contributed by atoms with Gasteiger partial charge in [0.15, 0.2) is 5.78 Å². The minimum Gasteiger partial charge on any atom is -0.387 e. The summed E-state index contributed by atoms with van der Waals surface area (Å²) in [5, 5.41) is 11.7. The van der Waals surface area contributed by atoms with Crippen molar-refractivity contribution in [2.24, 2.45) is 17.1 Å². The van der Waals surface area contributed by atoms with Crippen molar-refractivity contribution in [1.29, 1.82) is 5.41 Å². The van der Waals surface area contributed by atoms with Crippen molar-refractivity contribution in [3.05, 3.63) is 53.6 Å². The van der Waals surface area contributed by atoms with Gasteiger partial charge in [-0.15, -0.1) is 0 Å². The first-order chi connectivity index (χ1) is 14.5. The van der Waals surface area contributed by atoms with Gasteiger partial charge in [0.1, 0.15) is 11.3 Å². The number of unbranched alkanes of at least 4 members (excludes halogenated alkanes) is 2. The Bertz CT molecular complexity index is 824. The molecule has 1 aromatic rings. The summed E-state index contributed by atoms with van der Waals surface area (Å²) in [6.45, 7) is 8.34. The average molecular weight is 409 g/mol.